The van der Waals surface area contributed by atoms with Crippen molar-refractivity contribution in [3.8, 4) is 11.5 Å². The average Bonchev–Trinajstić information content (AvgIpc) is 3.21. The average molecular weight is 377 g/mol. The summed E-state index contributed by atoms with van der Waals surface area (Å²) in [7, 11) is 0. The molecule has 0 saturated carbocycles. The Morgan fingerprint density at radius 2 is 2.08 bits per heavy atom. The zero-order chi connectivity index (χ0) is 18.5. The van der Waals surface area contributed by atoms with Gasteiger partial charge in [-0.25, -0.2) is 9.78 Å². The zero-order valence-corrected chi connectivity index (χ0v) is 15.2. The molecule has 0 aliphatic carbocycles. The van der Waals surface area contributed by atoms with E-state index in [1.807, 2.05) is 13.8 Å². The maximum absolute atomic E-state index is 12.2. The lowest BCUT2D eigenvalue weighted by molar-refractivity contribution is -0.115. The van der Waals surface area contributed by atoms with E-state index in [1.165, 1.54) is 11.3 Å². The quantitative estimate of drug-likeness (QED) is 0.802. The van der Waals surface area contributed by atoms with Crippen molar-refractivity contribution in [2.75, 3.05) is 24.0 Å². The van der Waals surface area contributed by atoms with E-state index in [0.717, 1.165) is 0 Å². The van der Waals surface area contributed by atoms with Crippen LogP contribution in [0.25, 0.3) is 0 Å². The van der Waals surface area contributed by atoms with Gasteiger partial charge in [-0.15, -0.1) is 11.3 Å². The lowest BCUT2D eigenvalue weighted by atomic mass is 10.2. The van der Waals surface area contributed by atoms with Gasteiger partial charge in [0.2, 0.25) is 12.7 Å². The number of nitrogens with one attached hydrogen (secondary N) is 2. The molecule has 0 radical (unpaired) electrons. The number of carbonyl (C=O) groups excluding carboxylic acids is 2. The summed E-state index contributed by atoms with van der Waals surface area (Å²) in [4.78, 5) is 28.0. The standard InChI is InChI=1S/C17H19N3O5S/c1-10(2)7-23-17(22)20-16-19-12(8-26-16)6-15(21)18-11-3-4-13-14(5-11)25-9-24-13/h3-5,8,10H,6-7,9H2,1-2H3,(H,18,21)(H,19,20,22). The molecule has 2 amide bonds. The first-order valence-electron chi connectivity index (χ1n) is 8.07. The molecule has 0 bridgehead atoms. The number of rotatable bonds is 6. The minimum absolute atomic E-state index is 0.0909. The Morgan fingerprint density at radius 3 is 2.88 bits per heavy atom. The predicted molar refractivity (Wildman–Crippen MR) is 96.8 cm³/mol. The minimum Gasteiger partial charge on any atom is -0.454 e. The van der Waals surface area contributed by atoms with Gasteiger partial charge in [0.1, 0.15) is 0 Å². The number of nitrogens with zero attached hydrogens (tertiary/aromatic N) is 1. The van der Waals surface area contributed by atoms with Gasteiger partial charge in [-0.1, -0.05) is 13.8 Å². The summed E-state index contributed by atoms with van der Waals surface area (Å²) in [5.41, 5.74) is 1.18. The summed E-state index contributed by atoms with van der Waals surface area (Å²) in [5, 5.41) is 7.45. The number of anilines is 2. The highest BCUT2D eigenvalue weighted by atomic mass is 32.1. The number of aromatic nitrogens is 1. The van der Waals surface area contributed by atoms with Crippen molar-refractivity contribution in [3.63, 3.8) is 0 Å². The lowest BCUT2D eigenvalue weighted by Gasteiger charge is -2.06. The first-order valence-corrected chi connectivity index (χ1v) is 8.95. The molecule has 2 aromatic rings. The zero-order valence-electron chi connectivity index (χ0n) is 14.4. The number of amides is 2. The lowest BCUT2D eigenvalue weighted by Crippen LogP contribution is -2.17. The maximum Gasteiger partial charge on any atom is 0.413 e. The van der Waals surface area contributed by atoms with Crippen LogP contribution in [0.3, 0.4) is 0 Å². The number of fused-ring (bicyclic) bond motifs is 1. The fourth-order valence-corrected chi connectivity index (χ4v) is 2.85. The van der Waals surface area contributed by atoms with Crippen molar-refractivity contribution in [1.29, 1.82) is 0 Å². The van der Waals surface area contributed by atoms with Crippen molar-refractivity contribution >= 4 is 34.2 Å². The van der Waals surface area contributed by atoms with Crippen LogP contribution in [-0.4, -0.2) is 30.4 Å². The van der Waals surface area contributed by atoms with Gasteiger partial charge in [-0.3, -0.25) is 10.1 Å². The van der Waals surface area contributed by atoms with E-state index in [1.54, 1.807) is 23.6 Å². The van der Waals surface area contributed by atoms with Crippen molar-refractivity contribution in [3.05, 3.63) is 29.3 Å². The fourth-order valence-electron chi connectivity index (χ4n) is 2.16. The van der Waals surface area contributed by atoms with Crippen LogP contribution >= 0.6 is 11.3 Å². The monoisotopic (exact) mass is 377 g/mol. The molecule has 138 valence electrons. The molecule has 0 saturated heterocycles. The molecule has 0 fully saturated rings. The van der Waals surface area contributed by atoms with Gasteiger partial charge in [0.25, 0.3) is 0 Å². The van der Waals surface area contributed by atoms with Crippen LogP contribution in [0.5, 0.6) is 11.5 Å². The van der Waals surface area contributed by atoms with Crippen molar-refractivity contribution in [2.45, 2.75) is 20.3 Å². The van der Waals surface area contributed by atoms with E-state index < -0.39 is 6.09 Å². The van der Waals surface area contributed by atoms with Crippen LogP contribution < -0.4 is 20.1 Å². The number of carbonyl (C=O) groups is 2. The van der Waals surface area contributed by atoms with Crippen molar-refractivity contribution < 1.29 is 23.8 Å². The number of thiazole rings is 1. The summed E-state index contributed by atoms with van der Waals surface area (Å²) in [6.07, 6.45) is -0.461. The summed E-state index contributed by atoms with van der Waals surface area (Å²) in [6, 6.07) is 5.19. The smallest absolute Gasteiger partial charge is 0.413 e. The van der Waals surface area contributed by atoms with Crippen LogP contribution in [0.2, 0.25) is 0 Å². The Morgan fingerprint density at radius 1 is 1.27 bits per heavy atom. The maximum atomic E-state index is 12.2. The van der Waals surface area contributed by atoms with E-state index in [-0.39, 0.29) is 25.0 Å². The Kier molecular flexibility index (Phi) is 5.57. The number of hydrogen-bond donors (Lipinski definition) is 2. The highest BCUT2D eigenvalue weighted by Gasteiger charge is 2.15. The Hall–Kier alpha value is -2.81. The predicted octanol–water partition coefficient (Wildman–Crippen LogP) is 3.26. The topological polar surface area (TPSA) is 98.8 Å². The van der Waals surface area contributed by atoms with Crippen LogP contribution in [0.4, 0.5) is 15.6 Å². The first-order chi connectivity index (χ1) is 12.5. The second-order valence-corrected chi connectivity index (χ2v) is 6.91. The molecule has 3 rings (SSSR count). The van der Waals surface area contributed by atoms with Gasteiger partial charge in [0.15, 0.2) is 16.6 Å². The fraction of sp³-hybridized carbons (Fsp3) is 0.353. The highest BCUT2D eigenvalue weighted by Crippen LogP contribution is 2.34. The molecule has 0 spiro atoms. The minimum atomic E-state index is -0.551. The Bertz CT molecular complexity index is 805. The van der Waals surface area contributed by atoms with Gasteiger partial charge in [-0.2, -0.15) is 0 Å². The molecule has 1 aromatic heterocycles. The summed E-state index contributed by atoms with van der Waals surface area (Å²) in [5.74, 6) is 1.29. The summed E-state index contributed by atoms with van der Waals surface area (Å²) < 4.78 is 15.5. The largest absolute Gasteiger partial charge is 0.454 e. The second kappa shape index (κ2) is 8.05. The molecule has 1 aromatic carbocycles. The Labute approximate surface area is 154 Å². The normalized spacial score (nSPS) is 12.1. The molecule has 26 heavy (non-hydrogen) atoms. The number of ether oxygens (including phenoxy) is 3. The van der Waals surface area contributed by atoms with E-state index in [0.29, 0.717) is 34.6 Å². The van der Waals surface area contributed by atoms with E-state index in [9.17, 15) is 9.59 Å². The molecule has 9 heteroatoms. The van der Waals surface area contributed by atoms with Gasteiger partial charge >= 0.3 is 6.09 Å². The van der Waals surface area contributed by atoms with E-state index >= 15 is 0 Å². The Balaban J connectivity index is 1.50. The van der Waals surface area contributed by atoms with Crippen molar-refractivity contribution in [1.82, 2.24) is 4.98 Å². The SMILES string of the molecule is CC(C)COC(=O)Nc1nc(CC(=O)Nc2ccc3c(c2)OCO3)cs1. The second-order valence-electron chi connectivity index (χ2n) is 6.05. The highest BCUT2D eigenvalue weighted by molar-refractivity contribution is 7.13. The summed E-state index contributed by atoms with van der Waals surface area (Å²) in [6.45, 7) is 4.42. The van der Waals surface area contributed by atoms with Gasteiger partial charge in [-0.05, 0) is 18.1 Å². The van der Waals surface area contributed by atoms with Crippen LogP contribution in [-0.2, 0) is 16.0 Å². The number of hydrogen-bond acceptors (Lipinski definition) is 7. The molecular formula is C17H19N3O5S. The van der Waals surface area contributed by atoms with Gasteiger partial charge < -0.3 is 19.5 Å². The van der Waals surface area contributed by atoms with Crippen LogP contribution in [0.1, 0.15) is 19.5 Å². The first kappa shape index (κ1) is 18.0. The van der Waals surface area contributed by atoms with E-state index in [2.05, 4.69) is 15.6 Å². The molecule has 1 aliphatic heterocycles. The summed E-state index contributed by atoms with van der Waals surface area (Å²) >= 11 is 1.24. The number of benzene rings is 1. The molecule has 2 N–H and O–H groups in total. The molecule has 0 atom stereocenters. The molecule has 2 heterocycles. The van der Waals surface area contributed by atoms with Crippen LogP contribution in [0.15, 0.2) is 23.6 Å². The third-order valence-electron chi connectivity index (χ3n) is 3.31. The third kappa shape index (κ3) is 4.85. The van der Waals surface area contributed by atoms with Crippen LogP contribution in [0, 0.1) is 5.92 Å². The van der Waals surface area contributed by atoms with E-state index in [4.69, 9.17) is 14.2 Å². The molecule has 8 nitrogen and oxygen atoms in total. The molecule has 1 aliphatic rings. The molecule has 0 unspecified atom stereocenters. The third-order valence-corrected chi connectivity index (χ3v) is 4.11. The van der Waals surface area contributed by atoms with Gasteiger partial charge in [0.05, 0.1) is 18.7 Å². The molecular weight excluding hydrogens is 358 g/mol. The van der Waals surface area contributed by atoms with Gasteiger partial charge in [0, 0.05) is 17.1 Å². The van der Waals surface area contributed by atoms with Crippen molar-refractivity contribution in [2.24, 2.45) is 5.92 Å².